The number of nitrogens with zero attached hydrogens (tertiary/aromatic N) is 2. The van der Waals surface area contributed by atoms with E-state index >= 15 is 0 Å². The minimum atomic E-state index is -0.682. The lowest BCUT2D eigenvalue weighted by molar-refractivity contribution is -0.129. The van der Waals surface area contributed by atoms with E-state index in [1.807, 2.05) is 24.3 Å². The zero-order valence-corrected chi connectivity index (χ0v) is 17.3. The first-order valence-electron chi connectivity index (χ1n) is 9.44. The molecule has 7 nitrogen and oxygen atoms in total. The third kappa shape index (κ3) is 4.01. The largest absolute Gasteiger partial charge is 0.503 e. The second-order valence-electron chi connectivity index (χ2n) is 6.98. The van der Waals surface area contributed by atoms with Crippen LogP contribution in [0.4, 0.5) is 0 Å². The number of hydrogen-bond donors (Lipinski definition) is 1. The van der Waals surface area contributed by atoms with E-state index in [-0.39, 0.29) is 11.3 Å². The number of ether oxygens (including phenoxy) is 1. The lowest BCUT2D eigenvalue weighted by atomic mass is 9.95. The Morgan fingerprint density at radius 1 is 1.17 bits per heavy atom. The topological polar surface area (TPSA) is 83.2 Å². The number of carbonyl (C=O) groups excluding carboxylic acids is 2. The van der Waals surface area contributed by atoms with E-state index < -0.39 is 23.5 Å². The number of halogens is 1. The van der Waals surface area contributed by atoms with E-state index in [1.54, 1.807) is 11.0 Å². The summed E-state index contributed by atoms with van der Waals surface area (Å²) in [5.41, 5.74) is 0.790. The fourth-order valence-electron chi connectivity index (χ4n) is 3.75. The van der Waals surface area contributed by atoms with Crippen molar-refractivity contribution in [2.75, 3.05) is 39.4 Å². The maximum Gasteiger partial charge on any atom is 0.290 e. The quantitative estimate of drug-likeness (QED) is 0.667. The smallest absolute Gasteiger partial charge is 0.290 e. The second kappa shape index (κ2) is 8.52. The Labute approximate surface area is 176 Å². The maximum absolute atomic E-state index is 13.1. The van der Waals surface area contributed by atoms with Gasteiger partial charge < -0.3 is 19.2 Å². The van der Waals surface area contributed by atoms with Crippen LogP contribution >= 0.6 is 15.9 Å². The first-order valence-corrected chi connectivity index (χ1v) is 10.2. The molecule has 1 atom stereocenters. The summed E-state index contributed by atoms with van der Waals surface area (Å²) in [5, 5.41) is 10.6. The van der Waals surface area contributed by atoms with Gasteiger partial charge in [-0.2, -0.15) is 0 Å². The molecular weight excluding hydrogens is 440 g/mol. The molecule has 1 amide bonds. The van der Waals surface area contributed by atoms with Gasteiger partial charge in [0.15, 0.2) is 11.5 Å². The normalized spacial score (nSPS) is 20.5. The van der Waals surface area contributed by atoms with Gasteiger partial charge >= 0.3 is 0 Å². The minimum absolute atomic E-state index is 0.0463. The summed E-state index contributed by atoms with van der Waals surface area (Å²) in [6, 6.07) is 9.86. The van der Waals surface area contributed by atoms with Crippen LogP contribution in [-0.4, -0.2) is 66.0 Å². The third-order valence-electron chi connectivity index (χ3n) is 5.22. The highest BCUT2D eigenvalue weighted by Gasteiger charge is 2.44. The molecule has 2 aromatic rings. The number of rotatable bonds is 6. The summed E-state index contributed by atoms with van der Waals surface area (Å²) in [7, 11) is 0. The van der Waals surface area contributed by atoms with Crippen LogP contribution < -0.4 is 0 Å². The Balaban J connectivity index is 1.67. The molecule has 0 unspecified atom stereocenters. The predicted octanol–water partition coefficient (Wildman–Crippen LogP) is 2.95. The van der Waals surface area contributed by atoms with Gasteiger partial charge in [-0.1, -0.05) is 28.1 Å². The van der Waals surface area contributed by atoms with E-state index in [4.69, 9.17) is 9.15 Å². The molecule has 29 heavy (non-hydrogen) atoms. The molecule has 3 heterocycles. The molecule has 0 aliphatic carbocycles. The maximum atomic E-state index is 13.1. The first-order chi connectivity index (χ1) is 14.1. The Bertz CT molecular complexity index is 934. The number of aliphatic hydroxyl groups excluding tert-OH is 1. The van der Waals surface area contributed by atoms with Crippen LogP contribution in [0, 0.1) is 0 Å². The standard InChI is InChI=1S/C21H21BrN2O5/c22-15-4-1-3-14(13-15)18-17(19(25)16-5-2-10-29-16)20(26)21(27)24(18)7-6-23-8-11-28-12-9-23/h1-5,10,13,18,26H,6-9,11-12H2/t18-/m0/s1. The lowest BCUT2D eigenvalue weighted by Gasteiger charge is -2.31. The number of furan rings is 1. The lowest BCUT2D eigenvalue weighted by Crippen LogP contribution is -2.43. The van der Waals surface area contributed by atoms with Crippen molar-refractivity contribution in [3.63, 3.8) is 0 Å². The Hall–Kier alpha value is -2.42. The monoisotopic (exact) mass is 460 g/mol. The highest BCUT2D eigenvalue weighted by Crippen LogP contribution is 2.39. The molecule has 2 aliphatic heterocycles. The second-order valence-corrected chi connectivity index (χ2v) is 7.89. The highest BCUT2D eigenvalue weighted by atomic mass is 79.9. The molecule has 8 heteroatoms. The van der Waals surface area contributed by atoms with Crippen molar-refractivity contribution < 1.29 is 23.8 Å². The number of amides is 1. The molecular formula is C21H21BrN2O5. The number of morpholine rings is 1. The van der Waals surface area contributed by atoms with Gasteiger partial charge in [0, 0.05) is 30.7 Å². The number of ketones is 1. The van der Waals surface area contributed by atoms with Gasteiger partial charge in [0.1, 0.15) is 0 Å². The summed E-state index contributed by atoms with van der Waals surface area (Å²) >= 11 is 3.45. The highest BCUT2D eigenvalue weighted by molar-refractivity contribution is 9.10. The molecule has 1 N–H and O–H groups in total. The van der Waals surface area contributed by atoms with Crippen LogP contribution in [0.5, 0.6) is 0 Å². The summed E-state index contributed by atoms with van der Waals surface area (Å²) < 4.78 is 11.4. The molecule has 1 saturated heterocycles. The number of aliphatic hydroxyl groups is 1. The van der Waals surface area contributed by atoms with Crippen molar-refractivity contribution in [2.24, 2.45) is 0 Å². The van der Waals surface area contributed by atoms with Crippen molar-refractivity contribution in [2.45, 2.75) is 6.04 Å². The van der Waals surface area contributed by atoms with Crippen LogP contribution in [0.15, 0.2) is 62.9 Å². The van der Waals surface area contributed by atoms with Gasteiger partial charge in [-0.25, -0.2) is 0 Å². The molecule has 0 saturated carbocycles. The molecule has 2 aliphatic rings. The number of carbonyl (C=O) groups is 2. The first kappa shape index (κ1) is 19.9. The average Bonchev–Trinajstić information content (AvgIpc) is 3.35. The minimum Gasteiger partial charge on any atom is -0.503 e. The van der Waals surface area contributed by atoms with Crippen LogP contribution in [0.3, 0.4) is 0 Å². The van der Waals surface area contributed by atoms with Crippen molar-refractivity contribution in [1.82, 2.24) is 9.80 Å². The average molecular weight is 461 g/mol. The molecule has 1 fully saturated rings. The predicted molar refractivity (Wildman–Crippen MR) is 109 cm³/mol. The molecule has 1 aromatic heterocycles. The summed E-state index contributed by atoms with van der Waals surface area (Å²) in [6.07, 6.45) is 1.39. The van der Waals surface area contributed by atoms with E-state index in [2.05, 4.69) is 20.8 Å². The van der Waals surface area contributed by atoms with E-state index in [0.29, 0.717) is 26.3 Å². The van der Waals surface area contributed by atoms with Crippen molar-refractivity contribution in [1.29, 1.82) is 0 Å². The molecule has 0 radical (unpaired) electrons. The van der Waals surface area contributed by atoms with Crippen LogP contribution in [-0.2, 0) is 9.53 Å². The SMILES string of the molecule is O=C(C1=C(O)C(=O)N(CCN2CCOCC2)[C@H]1c1cccc(Br)c1)c1ccco1. The molecule has 1 aromatic carbocycles. The third-order valence-corrected chi connectivity index (χ3v) is 5.71. The summed E-state index contributed by atoms with van der Waals surface area (Å²) in [6.45, 7) is 3.93. The number of Topliss-reactive ketones (excluding diaryl/α,β-unsaturated/α-hetero) is 1. The fraction of sp³-hybridized carbons (Fsp3) is 0.333. The van der Waals surface area contributed by atoms with Crippen molar-refractivity contribution in [3.8, 4) is 0 Å². The molecule has 4 rings (SSSR count). The summed E-state index contributed by atoms with van der Waals surface area (Å²) in [5.74, 6) is -1.45. The Morgan fingerprint density at radius 2 is 1.97 bits per heavy atom. The van der Waals surface area contributed by atoms with Gasteiger partial charge in [0.05, 0.1) is 31.1 Å². The fourth-order valence-corrected chi connectivity index (χ4v) is 4.17. The van der Waals surface area contributed by atoms with Gasteiger partial charge in [0.25, 0.3) is 5.91 Å². The molecule has 0 bridgehead atoms. The zero-order valence-electron chi connectivity index (χ0n) is 15.7. The molecule has 0 spiro atoms. The van der Waals surface area contributed by atoms with Crippen LogP contribution in [0.2, 0.25) is 0 Å². The number of benzene rings is 1. The van der Waals surface area contributed by atoms with Crippen LogP contribution in [0.1, 0.15) is 22.2 Å². The zero-order chi connectivity index (χ0) is 20.4. The van der Waals surface area contributed by atoms with Gasteiger partial charge in [0.2, 0.25) is 5.78 Å². The molecule has 152 valence electrons. The van der Waals surface area contributed by atoms with E-state index in [1.165, 1.54) is 12.3 Å². The van der Waals surface area contributed by atoms with Gasteiger partial charge in [-0.05, 0) is 29.8 Å². The van der Waals surface area contributed by atoms with E-state index in [0.717, 1.165) is 23.1 Å². The Morgan fingerprint density at radius 3 is 2.66 bits per heavy atom. The van der Waals surface area contributed by atoms with Gasteiger partial charge in [-0.3, -0.25) is 14.5 Å². The number of hydrogen-bond acceptors (Lipinski definition) is 6. The van der Waals surface area contributed by atoms with Gasteiger partial charge in [-0.15, -0.1) is 0 Å². The van der Waals surface area contributed by atoms with Crippen molar-refractivity contribution >= 4 is 27.6 Å². The Kier molecular flexibility index (Phi) is 5.84. The van der Waals surface area contributed by atoms with Crippen molar-refractivity contribution in [3.05, 3.63) is 69.8 Å². The van der Waals surface area contributed by atoms with Crippen LogP contribution in [0.25, 0.3) is 0 Å². The summed E-state index contributed by atoms with van der Waals surface area (Å²) in [4.78, 5) is 29.7. The van der Waals surface area contributed by atoms with E-state index in [9.17, 15) is 14.7 Å².